The summed E-state index contributed by atoms with van der Waals surface area (Å²) in [5.41, 5.74) is 2.74. The van der Waals surface area contributed by atoms with Crippen molar-refractivity contribution in [2.75, 3.05) is 0 Å². The van der Waals surface area contributed by atoms with E-state index in [2.05, 4.69) is 20.5 Å². The summed E-state index contributed by atoms with van der Waals surface area (Å²) in [5, 5.41) is 16.6. The molecule has 0 bridgehead atoms. The van der Waals surface area contributed by atoms with E-state index in [1.54, 1.807) is 17.9 Å². The fraction of sp³-hybridized carbons (Fsp3) is 0.167. The average molecular weight is 275 g/mol. The maximum Gasteiger partial charge on any atom is 0.209 e. The lowest BCUT2D eigenvalue weighted by Gasteiger charge is -2.03. The first-order valence-electron chi connectivity index (χ1n) is 5.70. The predicted molar refractivity (Wildman–Crippen MR) is 71.1 cm³/mol. The van der Waals surface area contributed by atoms with Gasteiger partial charge in [0.2, 0.25) is 5.82 Å². The van der Waals surface area contributed by atoms with Crippen LogP contribution < -0.4 is 0 Å². The molecule has 0 radical (unpaired) electrons. The van der Waals surface area contributed by atoms with Gasteiger partial charge in [-0.3, -0.25) is 0 Å². The summed E-state index contributed by atoms with van der Waals surface area (Å²) >= 11 is 6.33. The summed E-state index contributed by atoms with van der Waals surface area (Å²) in [4.78, 5) is 1.38. The molecule has 0 amide bonds. The van der Waals surface area contributed by atoms with Crippen molar-refractivity contribution >= 4 is 11.6 Å². The number of aryl methyl sites for hydroxylation is 2. The fourth-order valence-electron chi connectivity index (χ4n) is 1.74. The number of benzene rings is 1. The normalized spacial score (nSPS) is 10.9. The number of tetrazole rings is 1. The molecule has 2 aromatic heterocycles. The Morgan fingerprint density at radius 2 is 1.89 bits per heavy atom. The minimum absolute atomic E-state index is 0.464. The Bertz CT molecular complexity index is 712. The third kappa shape index (κ3) is 2.10. The average Bonchev–Trinajstić information content (AvgIpc) is 2.97. The quantitative estimate of drug-likeness (QED) is 0.717. The Kier molecular flexibility index (Phi) is 2.79. The zero-order valence-electron chi connectivity index (χ0n) is 10.4. The summed E-state index contributed by atoms with van der Waals surface area (Å²) in [6.45, 7) is 2.03. The van der Waals surface area contributed by atoms with Gasteiger partial charge in [0.15, 0.2) is 0 Å². The van der Waals surface area contributed by atoms with Crippen LogP contribution >= 0.6 is 11.6 Å². The molecule has 6 nitrogen and oxygen atoms in total. The van der Waals surface area contributed by atoms with E-state index in [4.69, 9.17) is 11.6 Å². The van der Waals surface area contributed by atoms with Crippen molar-refractivity contribution in [2.45, 2.75) is 6.92 Å². The van der Waals surface area contributed by atoms with Gasteiger partial charge in [-0.25, -0.2) is 4.68 Å². The van der Waals surface area contributed by atoms with E-state index in [0.717, 1.165) is 5.69 Å². The molecule has 0 saturated carbocycles. The van der Waals surface area contributed by atoms with Crippen molar-refractivity contribution in [3.63, 3.8) is 0 Å². The summed E-state index contributed by atoms with van der Waals surface area (Å²) in [5.74, 6) is 0.464. The van der Waals surface area contributed by atoms with E-state index in [9.17, 15) is 0 Å². The van der Waals surface area contributed by atoms with Gasteiger partial charge in [-0.2, -0.15) is 9.90 Å². The summed E-state index contributed by atoms with van der Waals surface area (Å²) < 4.78 is 1.65. The molecule has 0 N–H and O–H groups in total. The lowest BCUT2D eigenvalue weighted by molar-refractivity contribution is 0.630. The summed E-state index contributed by atoms with van der Waals surface area (Å²) in [7, 11) is 1.70. The number of hydrogen-bond donors (Lipinski definition) is 0. The van der Waals surface area contributed by atoms with Crippen molar-refractivity contribution in [1.29, 1.82) is 0 Å². The van der Waals surface area contributed by atoms with Crippen LogP contribution in [-0.2, 0) is 7.05 Å². The Balaban J connectivity index is 2.06. The SMILES string of the molecule is Cc1ccc(-n2ncc(-c3nnn(C)n3)c2Cl)cc1. The van der Waals surface area contributed by atoms with E-state index in [1.165, 1.54) is 10.4 Å². The largest absolute Gasteiger partial charge is 0.221 e. The molecular weight excluding hydrogens is 264 g/mol. The minimum atomic E-state index is 0.464. The molecule has 0 spiro atoms. The molecule has 3 rings (SSSR count). The van der Waals surface area contributed by atoms with Crippen LogP contribution in [0.1, 0.15) is 5.56 Å². The molecule has 19 heavy (non-hydrogen) atoms. The van der Waals surface area contributed by atoms with Crippen LogP contribution in [0.3, 0.4) is 0 Å². The smallest absolute Gasteiger partial charge is 0.209 e. The number of aromatic nitrogens is 6. The van der Waals surface area contributed by atoms with Gasteiger partial charge in [0.05, 0.1) is 24.5 Å². The zero-order chi connectivity index (χ0) is 13.4. The second-order valence-corrected chi connectivity index (χ2v) is 4.56. The van der Waals surface area contributed by atoms with Gasteiger partial charge in [-0.05, 0) is 24.3 Å². The van der Waals surface area contributed by atoms with Crippen molar-refractivity contribution in [3.8, 4) is 17.1 Å². The molecular formula is C12H11ClN6. The highest BCUT2D eigenvalue weighted by molar-refractivity contribution is 6.32. The van der Waals surface area contributed by atoms with E-state index >= 15 is 0 Å². The molecule has 0 unspecified atom stereocenters. The lowest BCUT2D eigenvalue weighted by atomic mass is 10.2. The van der Waals surface area contributed by atoms with Crippen LogP contribution in [-0.4, -0.2) is 30.0 Å². The highest BCUT2D eigenvalue weighted by Gasteiger charge is 2.15. The predicted octanol–water partition coefficient (Wildman–Crippen LogP) is 2.02. The molecule has 2 heterocycles. The summed E-state index contributed by atoms with van der Waals surface area (Å²) in [6, 6.07) is 7.94. The van der Waals surface area contributed by atoms with Gasteiger partial charge in [0.25, 0.3) is 0 Å². The fourth-order valence-corrected chi connectivity index (χ4v) is 2.02. The molecule has 0 aliphatic heterocycles. The van der Waals surface area contributed by atoms with Crippen molar-refractivity contribution in [3.05, 3.63) is 41.2 Å². The first-order chi connectivity index (χ1) is 9.15. The Labute approximate surface area is 114 Å². The standard InChI is InChI=1S/C12H11ClN6/c1-8-3-5-9(6-4-8)19-11(13)10(7-14-19)12-15-17-18(2)16-12/h3-7H,1-2H3. The number of nitrogens with zero attached hydrogens (tertiary/aromatic N) is 6. The first kappa shape index (κ1) is 11.9. The Morgan fingerprint density at radius 1 is 1.16 bits per heavy atom. The summed E-state index contributed by atoms with van der Waals surface area (Å²) in [6.07, 6.45) is 1.64. The number of halogens is 1. The van der Waals surface area contributed by atoms with Gasteiger partial charge < -0.3 is 0 Å². The van der Waals surface area contributed by atoms with Crippen LogP contribution in [0.25, 0.3) is 17.1 Å². The highest BCUT2D eigenvalue weighted by Crippen LogP contribution is 2.26. The monoisotopic (exact) mass is 274 g/mol. The third-order valence-corrected chi connectivity index (χ3v) is 3.10. The Morgan fingerprint density at radius 3 is 2.53 bits per heavy atom. The van der Waals surface area contributed by atoms with Gasteiger partial charge in [-0.15, -0.1) is 10.2 Å². The first-order valence-corrected chi connectivity index (χ1v) is 6.08. The van der Waals surface area contributed by atoms with Crippen LogP contribution in [0, 0.1) is 6.92 Å². The van der Waals surface area contributed by atoms with E-state index < -0.39 is 0 Å². The maximum absolute atomic E-state index is 6.33. The van der Waals surface area contributed by atoms with E-state index in [0.29, 0.717) is 16.5 Å². The zero-order valence-corrected chi connectivity index (χ0v) is 11.2. The van der Waals surface area contributed by atoms with Crippen LogP contribution in [0.15, 0.2) is 30.5 Å². The van der Waals surface area contributed by atoms with Gasteiger partial charge in [-0.1, -0.05) is 29.3 Å². The molecule has 0 saturated heterocycles. The molecule has 0 fully saturated rings. The second kappa shape index (κ2) is 4.47. The third-order valence-electron chi connectivity index (χ3n) is 2.74. The number of rotatable bonds is 2. The van der Waals surface area contributed by atoms with Crippen LogP contribution in [0.2, 0.25) is 5.15 Å². The Hall–Kier alpha value is -2.21. The van der Waals surface area contributed by atoms with E-state index in [-0.39, 0.29) is 0 Å². The topological polar surface area (TPSA) is 61.4 Å². The maximum atomic E-state index is 6.33. The number of hydrogen-bond acceptors (Lipinski definition) is 4. The van der Waals surface area contributed by atoms with Gasteiger partial charge in [0, 0.05) is 0 Å². The second-order valence-electron chi connectivity index (χ2n) is 4.20. The van der Waals surface area contributed by atoms with Gasteiger partial charge in [0.1, 0.15) is 5.15 Å². The highest BCUT2D eigenvalue weighted by atomic mass is 35.5. The molecule has 96 valence electrons. The van der Waals surface area contributed by atoms with Crippen LogP contribution in [0.4, 0.5) is 0 Å². The van der Waals surface area contributed by atoms with Gasteiger partial charge >= 0.3 is 0 Å². The van der Waals surface area contributed by atoms with Crippen molar-refractivity contribution < 1.29 is 0 Å². The lowest BCUT2D eigenvalue weighted by Crippen LogP contribution is -1.96. The molecule has 1 aromatic carbocycles. The molecule has 3 aromatic rings. The van der Waals surface area contributed by atoms with Crippen LogP contribution in [0.5, 0.6) is 0 Å². The van der Waals surface area contributed by atoms with Crippen molar-refractivity contribution in [1.82, 2.24) is 30.0 Å². The van der Waals surface area contributed by atoms with E-state index in [1.807, 2.05) is 31.2 Å². The minimum Gasteiger partial charge on any atom is -0.221 e. The molecule has 7 heteroatoms. The molecule has 0 aliphatic rings. The molecule has 0 aliphatic carbocycles. The van der Waals surface area contributed by atoms with Crippen molar-refractivity contribution in [2.24, 2.45) is 7.05 Å². The molecule has 0 atom stereocenters.